The Kier molecular flexibility index (Phi) is 7.29. The molecule has 1 aliphatic carbocycles. The molecule has 1 saturated carbocycles. The van der Waals surface area contributed by atoms with Crippen molar-refractivity contribution < 1.29 is 14.3 Å². The van der Waals surface area contributed by atoms with E-state index >= 15 is 0 Å². The molecule has 1 fully saturated rings. The Balaban J connectivity index is 1.89. The van der Waals surface area contributed by atoms with Crippen molar-refractivity contribution >= 4 is 28.5 Å². The molecule has 2 aromatic rings. The van der Waals surface area contributed by atoms with Crippen LogP contribution in [-0.2, 0) is 27.4 Å². The second-order valence-electron chi connectivity index (χ2n) is 7.16. The van der Waals surface area contributed by atoms with Crippen LogP contribution in [0.3, 0.4) is 0 Å². The summed E-state index contributed by atoms with van der Waals surface area (Å²) in [6.45, 7) is 2.46. The third-order valence-electron chi connectivity index (χ3n) is 5.09. The molecule has 154 valence electrons. The molecule has 1 aliphatic rings. The minimum Gasteiger partial charge on any atom is -0.385 e. The van der Waals surface area contributed by atoms with Crippen molar-refractivity contribution in [3.63, 3.8) is 0 Å². The van der Waals surface area contributed by atoms with Gasteiger partial charge in [0, 0.05) is 69.8 Å². The van der Waals surface area contributed by atoms with Crippen molar-refractivity contribution in [2.45, 2.75) is 44.5 Å². The summed E-state index contributed by atoms with van der Waals surface area (Å²) in [6.07, 6.45) is 6.24. The second-order valence-corrected chi connectivity index (χ2v) is 7.57. The Morgan fingerprint density at radius 3 is 2.89 bits per heavy atom. The zero-order chi connectivity index (χ0) is 20.1. The smallest absolute Gasteiger partial charge is 0.253 e. The van der Waals surface area contributed by atoms with Gasteiger partial charge in [0.05, 0.1) is 5.02 Å². The van der Waals surface area contributed by atoms with Gasteiger partial charge >= 0.3 is 0 Å². The first-order valence-electron chi connectivity index (χ1n) is 9.69. The molecule has 1 unspecified atom stereocenters. The van der Waals surface area contributed by atoms with Gasteiger partial charge in [-0.1, -0.05) is 11.6 Å². The lowest BCUT2D eigenvalue weighted by molar-refractivity contribution is -0.143. The highest BCUT2D eigenvalue weighted by atomic mass is 35.5. The summed E-state index contributed by atoms with van der Waals surface area (Å²) in [4.78, 5) is 19.5. The lowest BCUT2D eigenvalue weighted by Crippen LogP contribution is -2.45. The summed E-state index contributed by atoms with van der Waals surface area (Å²) in [5.74, 6) is 0.0136. The zero-order valence-corrected chi connectivity index (χ0v) is 17.5. The van der Waals surface area contributed by atoms with E-state index in [9.17, 15) is 4.79 Å². The summed E-state index contributed by atoms with van der Waals surface area (Å²) in [5.41, 5.74) is 1.87. The van der Waals surface area contributed by atoms with Gasteiger partial charge in [0.25, 0.3) is 5.91 Å². The molecule has 0 saturated heterocycles. The summed E-state index contributed by atoms with van der Waals surface area (Å²) in [7, 11) is 5.10. The largest absolute Gasteiger partial charge is 0.385 e. The lowest BCUT2D eigenvalue weighted by atomic mass is 10.2. The van der Waals surface area contributed by atoms with E-state index in [2.05, 4.69) is 21.1 Å². The van der Waals surface area contributed by atoms with Crippen molar-refractivity contribution in [3.05, 3.63) is 29.0 Å². The molecule has 1 N–H and O–H groups in total. The maximum atomic E-state index is 13.1. The van der Waals surface area contributed by atoms with E-state index in [-0.39, 0.29) is 11.9 Å². The maximum absolute atomic E-state index is 13.1. The number of nitrogens with zero attached hydrogens (tertiary/aromatic N) is 3. The molecular formula is C20H29ClN4O3. The number of halogens is 1. The number of likely N-dealkylation sites (N-methyl/N-ethyl adjacent to an activating group) is 1. The molecule has 0 spiro atoms. The number of carbonyl (C=O) groups excluding carboxylic acids is 1. The Hall–Kier alpha value is -1.67. The standard InChI is InChI=1S/C20H29ClN4O3/c1-22-11-17(28-3)20(26)25(15-5-6-15)13-14-12-24(9-4-10-27-2)19-18(14)16(21)7-8-23-19/h7-8,12,15,17,22H,4-6,9-11,13H2,1-3H3. The van der Waals surface area contributed by atoms with E-state index in [1.807, 2.05) is 11.9 Å². The van der Waals surface area contributed by atoms with Crippen molar-refractivity contribution in [2.24, 2.45) is 0 Å². The fraction of sp³-hybridized carbons (Fsp3) is 0.600. The van der Waals surface area contributed by atoms with Gasteiger partial charge < -0.3 is 24.3 Å². The van der Waals surface area contributed by atoms with Crippen molar-refractivity contribution in [1.29, 1.82) is 0 Å². The van der Waals surface area contributed by atoms with E-state index in [4.69, 9.17) is 21.1 Å². The number of fused-ring (bicyclic) bond motifs is 1. The fourth-order valence-electron chi connectivity index (χ4n) is 3.52. The SMILES string of the molecule is CNCC(OC)C(=O)N(Cc1cn(CCCOC)c2nccc(Cl)c12)C1CC1. The molecule has 0 aromatic carbocycles. The van der Waals surface area contributed by atoms with Crippen LogP contribution in [0, 0.1) is 0 Å². The van der Waals surface area contributed by atoms with Gasteiger partial charge in [-0.05, 0) is 32.4 Å². The predicted molar refractivity (Wildman–Crippen MR) is 110 cm³/mol. The molecule has 0 bridgehead atoms. The number of amides is 1. The van der Waals surface area contributed by atoms with Crippen molar-refractivity contribution in [3.8, 4) is 0 Å². The summed E-state index contributed by atoms with van der Waals surface area (Å²) >= 11 is 6.52. The number of carbonyl (C=O) groups is 1. The monoisotopic (exact) mass is 408 g/mol. The van der Waals surface area contributed by atoms with Crippen LogP contribution in [0.4, 0.5) is 0 Å². The van der Waals surface area contributed by atoms with E-state index in [0.29, 0.717) is 24.7 Å². The maximum Gasteiger partial charge on any atom is 0.253 e. The molecule has 0 radical (unpaired) electrons. The van der Waals surface area contributed by atoms with E-state index in [1.165, 1.54) is 0 Å². The Morgan fingerprint density at radius 1 is 1.46 bits per heavy atom. The Morgan fingerprint density at radius 2 is 2.25 bits per heavy atom. The predicted octanol–water partition coefficient (Wildman–Crippen LogP) is 2.45. The van der Waals surface area contributed by atoms with Crippen molar-refractivity contribution in [2.75, 3.05) is 34.4 Å². The van der Waals surface area contributed by atoms with Crippen LogP contribution in [0.2, 0.25) is 5.02 Å². The van der Waals surface area contributed by atoms with Gasteiger partial charge in [-0.15, -0.1) is 0 Å². The third kappa shape index (κ3) is 4.66. The van der Waals surface area contributed by atoms with Crippen LogP contribution in [0.5, 0.6) is 0 Å². The van der Waals surface area contributed by atoms with Crippen LogP contribution in [0.1, 0.15) is 24.8 Å². The molecular weight excluding hydrogens is 380 g/mol. The molecule has 2 heterocycles. The number of aromatic nitrogens is 2. The Labute approximate surface area is 170 Å². The zero-order valence-electron chi connectivity index (χ0n) is 16.8. The molecule has 28 heavy (non-hydrogen) atoms. The van der Waals surface area contributed by atoms with Gasteiger partial charge in [0.1, 0.15) is 11.8 Å². The van der Waals surface area contributed by atoms with Crippen LogP contribution in [0.25, 0.3) is 11.0 Å². The summed E-state index contributed by atoms with van der Waals surface area (Å²) in [5, 5.41) is 4.61. The first kappa shape index (κ1) is 21.0. The highest BCUT2D eigenvalue weighted by Crippen LogP contribution is 2.33. The van der Waals surface area contributed by atoms with E-state index in [0.717, 1.165) is 42.4 Å². The van der Waals surface area contributed by atoms with Crippen LogP contribution < -0.4 is 5.32 Å². The number of rotatable bonds is 11. The first-order chi connectivity index (χ1) is 13.6. The first-order valence-corrected chi connectivity index (χ1v) is 10.1. The molecule has 1 amide bonds. The summed E-state index contributed by atoms with van der Waals surface area (Å²) in [6, 6.07) is 2.07. The normalized spacial score (nSPS) is 15.1. The molecule has 8 heteroatoms. The number of pyridine rings is 1. The van der Waals surface area contributed by atoms with Crippen LogP contribution >= 0.6 is 11.6 Å². The highest BCUT2D eigenvalue weighted by molar-refractivity contribution is 6.35. The average molecular weight is 409 g/mol. The number of nitrogens with one attached hydrogen (secondary N) is 1. The summed E-state index contributed by atoms with van der Waals surface area (Å²) < 4.78 is 12.7. The molecule has 2 aromatic heterocycles. The molecule has 0 aliphatic heterocycles. The lowest BCUT2D eigenvalue weighted by Gasteiger charge is -2.26. The fourth-order valence-corrected chi connectivity index (χ4v) is 3.79. The molecule has 1 atom stereocenters. The third-order valence-corrected chi connectivity index (χ3v) is 5.41. The van der Waals surface area contributed by atoms with Crippen molar-refractivity contribution in [1.82, 2.24) is 19.8 Å². The highest BCUT2D eigenvalue weighted by Gasteiger charge is 2.36. The molecule has 3 rings (SSSR count). The Bertz CT molecular complexity index is 806. The quantitative estimate of drug-likeness (QED) is 0.578. The van der Waals surface area contributed by atoms with Gasteiger partial charge in [-0.2, -0.15) is 0 Å². The average Bonchev–Trinajstić information content (AvgIpc) is 3.47. The van der Waals surface area contributed by atoms with Gasteiger partial charge in [0.2, 0.25) is 0 Å². The van der Waals surface area contributed by atoms with E-state index in [1.54, 1.807) is 26.5 Å². The minimum atomic E-state index is -0.491. The minimum absolute atomic E-state index is 0.0136. The number of hydrogen-bond donors (Lipinski definition) is 1. The van der Waals surface area contributed by atoms with Crippen LogP contribution in [-0.4, -0.2) is 66.9 Å². The van der Waals surface area contributed by atoms with Gasteiger partial charge in [-0.3, -0.25) is 4.79 Å². The second kappa shape index (κ2) is 9.69. The van der Waals surface area contributed by atoms with Gasteiger partial charge in [0.15, 0.2) is 0 Å². The van der Waals surface area contributed by atoms with E-state index < -0.39 is 6.10 Å². The van der Waals surface area contributed by atoms with Gasteiger partial charge in [-0.25, -0.2) is 4.98 Å². The topological polar surface area (TPSA) is 68.6 Å². The number of ether oxygens (including phenoxy) is 2. The molecule has 7 nitrogen and oxygen atoms in total. The van der Waals surface area contributed by atoms with Crippen LogP contribution in [0.15, 0.2) is 18.5 Å². The number of hydrogen-bond acceptors (Lipinski definition) is 5. The number of methoxy groups -OCH3 is 2. The number of aryl methyl sites for hydroxylation is 1.